The van der Waals surface area contributed by atoms with Gasteiger partial charge in [-0.25, -0.2) is 20.0 Å². The fourth-order valence-electron chi connectivity index (χ4n) is 7.84. The molecule has 9 aromatic rings. The van der Waals surface area contributed by atoms with Gasteiger partial charge in [0.05, 0.1) is 27.8 Å². The Balaban J connectivity index is 1.25. The summed E-state index contributed by atoms with van der Waals surface area (Å²) < 4.78 is 6.35. The van der Waals surface area contributed by atoms with Crippen LogP contribution in [-0.4, -0.2) is 9.97 Å². The quantitative estimate of drug-likeness (QED) is 0.190. The van der Waals surface area contributed by atoms with Gasteiger partial charge in [-0.3, -0.25) is 0 Å². The third-order valence-corrected chi connectivity index (χ3v) is 10.1. The minimum atomic E-state index is 0.626. The first-order valence-electron chi connectivity index (χ1n) is 17.1. The van der Waals surface area contributed by atoms with E-state index in [0.29, 0.717) is 5.82 Å². The van der Waals surface area contributed by atoms with Gasteiger partial charge >= 0.3 is 0 Å². The molecule has 0 saturated carbocycles. The van der Waals surface area contributed by atoms with Crippen LogP contribution in [0.1, 0.15) is 0 Å². The van der Waals surface area contributed by atoms with Crippen LogP contribution in [0.25, 0.3) is 78.0 Å². The molecule has 0 aliphatic carbocycles. The van der Waals surface area contributed by atoms with Crippen molar-refractivity contribution in [2.45, 2.75) is 0 Å². The van der Waals surface area contributed by atoms with E-state index in [1.54, 1.807) is 0 Å². The van der Waals surface area contributed by atoms with E-state index in [0.717, 1.165) is 105 Å². The third kappa shape index (κ3) is 4.15. The van der Waals surface area contributed by atoms with Crippen LogP contribution in [-0.2, 0) is 0 Å². The van der Waals surface area contributed by atoms with Crippen molar-refractivity contribution >= 4 is 33.3 Å². The van der Waals surface area contributed by atoms with Gasteiger partial charge in [0.1, 0.15) is 11.2 Å². The summed E-state index contributed by atoms with van der Waals surface area (Å²) in [6.07, 6.45) is 1.98. The summed E-state index contributed by atoms with van der Waals surface area (Å²) >= 11 is 0. The summed E-state index contributed by atoms with van der Waals surface area (Å²) in [4.78, 5) is 21.1. The highest BCUT2D eigenvalue weighted by Crippen LogP contribution is 2.49. The van der Waals surface area contributed by atoms with Crippen LogP contribution in [0.3, 0.4) is 0 Å². The Morgan fingerprint density at radius 1 is 0.451 bits per heavy atom. The molecule has 0 radical (unpaired) electrons. The lowest BCUT2D eigenvalue weighted by atomic mass is 9.89. The molecule has 4 heterocycles. The van der Waals surface area contributed by atoms with Crippen molar-refractivity contribution in [3.63, 3.8) is 0 Å². The first-order chi connectivity index (χ1) is 25.3. The minimum absolute atomic E-state index is 0.626. The van der Waals surface area contributed by atoms with E-state index in [1.807, 2.05) is 48.7 Å². The molecule has 0 bridgehead atoms. The molecule has 0 unspecified atom stereocenters. The minimum Gasteiger partial charge on any atom is -0.456 e. The molecular formula is C46H26N4O. The molecule has 0 spiro atoms. The number of furan rings is 1. The van der Waals surface area contributed by atoms with Crippen molar-refractivity contribution in [3.8, 4) is 56.0 Å². The van der Waals surface area contributed by atoms with Crippen LogP contribution in [0, 0.1) is 10.4 Å². The molecule has 0 N–H and O–H groups in total. The van der Waals surface area contributed by atoms with Gasteiger partial charge in [-0.2, -0.15) is 0 Å². The lowest BCUT2D eigenvalue weighted by Gasteiger charge is -2.17. The van der Waals surface area contributed by atoms with Gasteiger partial charge in [0.25, 0.3) is 0 Å². The normalized spacial score (nSPS) is 12.2. The Bertz CT molecular complexity index is 3130. The molecule has 0 atom stereocenters. The zero-order valence-corrected chi connectivity index (χ0v) is 27.2. The Kier molecular flexibility index (Phi) is 5.89. The van der Waals surface area contributed by atoms with Crippen molar-refractivity contribution in [2.75, 3.05) is 0 Å². The number of hydrogen-bond donors (Lipinski definition) is 0. The highest BCUT2D eigenvalue weighted by Gasteiger charge is 2.29. The molecule has 0 amide bonds. The monoisotopic (exact) mass is 650 g/mol. The number of para-hydroxylation sites is 2. The van der Waals surface area contributed by atoms with Crippen molar-refractivity contribution < 1.29 is 4.42 Å². The number of hydrogen-bond acceptors (Lipinski definition) is 5. The Morgan fingerprint density at radius 3 is 2.06 bits per heavy atom. The maximum Gasteiger partial charge on any atom is 0.161 e. The molecule has 5 heteroatoms. The summed E-state index contributed by atoms with van der Waals surface area (Å²) in [5, 5.41) is 6.21. The Morgan fingerprint density at radius 2 is 1.20 bits per heavy atom. The summed E-state index contributed by atoms with van der Waals surface area (Å²) in [6, 6.07) is 52.1. The SMILES string of the molecule is c1ccc(-c2cnc(-c3c(-c4ccccc4)ccc4c3-c3c5c(ccc3=N4)=c3ccccc3=N5)nc2-c2cccc3oc4ccccc4c23)cc1. The number of nitrogens with zero attached hydrogens (tertiary/aromatic N) is 4. The topological polar surface area (TPSA) is 63.6 Å². The molecule has 0 fully saturated rings. The molecule has 7 aromatic carbocycles. The number of fused-ring (bicyclic) bond motifs is 9. The van der Waals surface area contributed by atoms with Gasteiger partial charge < -0.3 is 4.42 Å². The van der Waals surface area contributed by atoms with Gasteiger partial charge in [-0.05, 0) is 53.1 Å². The van der Waals surface area contributed by atoms with Crippen molar-refractivity contribution in [1.29, 1.82) is 0 Å². The fraction of sp³-hybridized carbons (Fsp3) is 0. The molecule has 0 saturated heterocycles. The largest absolute Gasteiger partial charge is 0.456 e. The maximum absolute atomic E-state index is 6.35. The average Bonchev–Trinajstić information content (AvgIpc) is 3.89. The van der Waals surface area contributed by atoms with Crippen LogP contribution in [0.4, 0.5) is 11.4 Å². The van der Waals surface area contributed by atoms with E-state index in [4.69, 9.17) is 24.4 Å². The van der Waals surface area contributed by atoms with E-state index in [-0.39, 0.29) is 0 Å². The van der Waals surface area contributed by atoms with Gasteiger partial charge in [-0.15, -0.1) is 0 Å². The van der Waals surface area contributed by atoms with Gasteiger partial charge in [0.15, 0.2) is 5.82 Å². The second kappa shape index (κ2) is 10.8. The van der Waals surface area contributed by atoms with E-state index in [9.17, 15) is 0 Å². The molecular weight excluding hydrogens is 625 g/mol. The van der Waals surface area contributed by atoms with E-state index < -0.39 is 0 Å². The molecule has 2 aromatic heterocycles. The lowest BCUT2D eigenvalue weighted by Crippen LogP contribution is -2.03. The smallest absolute Gasteiger partial charge is 0.161 e. The molecule has 2 aliphatic rings. The predicted molar refractivity (Wildman–Crippen MR) is 202 cm³/mol. The van der Waals surface area contributed by atoms with Crippen molar-refractivity contribution in [3.05, 3.63) is 179 Å². The summed E-state index contributed by atoms with van der Waals surface area (Å²) in [7, 11) is 0. The molecule has 236 valence electrons. The fourth-order valence-corrected chi connectivity index (χ4v) is 7.84. The van der Waals surface area contributed by atoms with Gasteiger partial charge in [0.2, 0.25) is 0 Å². The highest BCUT2D eigenvalue weighted by molar-refractivity contribution is 6.13. The Labute approximate surface area is 291 Å². The zero-order valence-electron chi connectivity index (χ0n) is 27.2. The summed E-state index contributed by atoms with van der Waals surface area (Å²) in [5.74, 6) is 0.626. The first kappa shape index (κ1) is 27.9. The van der Waals surface area contributed by atoms with Crippen LogP contribution in [0.5, 0.6) is 0 Å². The van der Waals surface area contributed by atoms with E-state index in [2.05, 4.69) is 109 Å². The number of benzene rings is 7. The Hall–Kier alpha value is -6.98. The number of aromatic nitrogens is 2. The first-order valence-corrected chi connectivity index (χ1v) is 17.1. The van der Waals surface area contributed by atoms with E-state index >= 15 is 0 Å². The summed E-state index contributed by atoms with van der Waals surface area (Å²) in [6.45, 7) is 0. The molecule has 5 nitrogen and oxygen atoms in total. The summed E-state index contributed by atoms with van der Waals surface area (Å²) in [5.41, 5.74) is 12.4. The van der Waals surface area contributed by atoms with Gasteiger partial charge in [-0.1, -0.05) is 115 Å². The van der Waals surface area contributed by atoms with E-state index in [1.165, 1.54) is 0 Å². The van der Waals surface area contributed by atoms with Crippen molar-refractivity contribution in [1.82, 2.24) is 9.97 Å². The zero-order chi connectivity index (χ0) is 33.5. The molecule has 2 aliphatic heterocycles. The maximum atomic E-state index is 6.35. The average molecular weight is 651 g/mol. The number of rotatable bonds is 4. The molecule has 11 rings (SSSR count). The second-order valence-electron chi connectivity index (χ2n) is 12.9. The highest BCUT2D eigenvalue weighted by atomic mass is 16.3. The molecule has 51 heavy (non-hydrogen) atoms. The third-order valence-electron chi connectivity index (χ3n) is 10.1. The standard InChI is InChI=1S/C46H26N4O/c1-3-12-27(13-4-1)29-22-24-36-42(43-37(48-36)25-23-31-30-16-7-9-19-35(30)49-45(31)43)41(29)46-47-26-34(28-14-5-2-6-15-28)44(50-46)33-18-11-21-39-40(33)32-17-8-10-20-38(32)51-39/h1-26H. The lowest BCUT2D eigenvalue weighted by molar-refractivity contribution is 0.669. The van der Waals surface area contributed by atoms with Crippen LogP contribution < -0.4 is 10.7 Å². The van der Waals surface area contributed by atoms with Crippen LogP contribution in [0.15, 0.2) is 172 Å². The van der Waals surface area contributed by atoms with Gasteiger partial charge in [0, 0.05) is 55.2 Å². The predicted octanol–water partition coefficient (Wildman–Crippen LogP) is 10.5. The second-order valence-corrected chi connectivity index (χ2v) is 12.9. The van der Waals surface area contributed by atoms with Crippen LogP contribution >= 0.6 is 0 Å². The van der Waals surface area contributed by atoms with Crippen LogP contribution in [0.2, 0.25) is 0 Å². The van der Waals surface area contributed by atoms with Crippen molar-refractivity contribution in [2.24, 2.45) is 9.98 Å².